The van der Waals surface area contributed by atoms with Crippen LogP contribution in [-0.2, 0) is 5.41 Å². The van der Waals surface area contributed by atoms with Gasteiger partial charge in [-0.1, -0.05) is 24.3 Å². The highest BCUT2D eigenvalue weighted by atomic mass is 16.5. The SMILES string of the molecule is CC(CO)(c1ccc(Oc2ccc(N)cc2)cc1)c1ccc(Oc2ccc(N)cc2)cc1. The predicted octanol–water partition coefficient (Wildman–Crippen LogP) is 5.73. The van der Waals surface area contributed by atoms with Crippen molar-refractivity contribution in [3.05, 3.63) is 108 Å². The second-order valence-electron chi connectivity index (χ2n) is 7.88. The fourth-order valence-corrected chi connectivity index (χ4v) is 3.47. The molecule has 4 aromatic rings. The number of anilines is 2. The summed E-state index contributed by atoms with van der Waals surface area (Å²) in [5.74, 6) is 2.86. The standard InChI is InChI=1S/C27H26N2O3/c1-27(18-30,19-2-10-23(11-3-19)31-25-14-6-21(28)7-15-25)20-4-12-24(13-5-20)32-26-16-8-22(29)9-17-26/h2-17,30H,18,28-29H2,1H3. The van der Waals surface area contributed by atoms with Crippen molar-refractivity contribution in [1.82, 2.24) is 0 Å². The number of aliphatic hydroxyl groups is 1. The quantitative estimate of drug-likeness (QED) is 0.328. The Bertz CT molecular complexity index is 1060. The zero-order chi connectivity index (χ0) is 22.6. The lowest BCUT2D eigenvalue weighted by atomic mass is 9.77. The molecule has 5 N–H and O–H groups in total. The highest BCUT2D eigenvalue weighted by Crippen LogP contribution is 2.35. The molecule has 0 fully saturated rings. The second kappa shape index (κ2) is 9.04. The van der Waals surface area contributed by atoms with Crippen LogP contribution in [0.4, 0.5) is 11.4 Å². The number of benzene rings is 4. The fraction of sp³-hybridized carbons (Fsp3) is 0.111. The minimum Gasteiger partial charge on any atom is -0.457 e. The van der Waals surface area contributed by atoms with Gasteiger partial charge in [-0.05, 0) is 90.8 Å². The van der Waals surface area contributed by atoms with Gasteiger partial charge in [-0.3, -0.25) is 0 Å². The van der Waals surface area contributed by atoms with E-state index in [9.17, 15) is 5.11 Å². The average molecular weight is 427 g/mol. The Balaban J connectivity index is 1.50. The highest BCUT2D eigenvalue weighted by molar-refractivity contribution is 5.47. The summed E-state index contributed by atoms with van der Waals surface area (Å²) >= 11 is 0. The molecule has 0 atom stereocenters. The van der Waals surface area contributed by atoms with Crippen LogP contribution in [0.5, 0.6) is 23.0 Å². The van der Waals surface area contributed by atoms with Gasteiger partial charge in [0, 0.05) is 16.8 Å². The van der Waals surface area contributed by atoms with Gasteiger partial charge < -0.3 is 26.0 Å². The summed E-state index contributed by atoms with van der Waals surface area (Å²) in [4.78, 5) is 0. The summed E-state index contributed by atoms with van der Waals surface area (Å²) in [7, 11) is 0. The minimum atomic E-state index is -0.570. The molecule has 0 heterocycles. The van der Waals surface area contributed by atoms with E-state index in [2.05, 4.69) is 0 Å². The minimum absolute atomic E-state index is 0.0384. The van der Waals surface area contributed by atoms with Gasteiger partial charge in [0.1, 0.15) is 23.0 Å². The first kappa shape index (κ1) is 21.3. The van der Waals surface area contributed by atoms with Crippen molar-refractivity contribution >= 4 is 11.4 Å². The molecule has 0 aliphatic carbocycles. The molecule has 0 saturated carbocycles. The molecule has 0 unspecified atom stereocenters. The van der Waals surface area contributed by atoms with Gasteiger partial charge in [0.2, 0.25) is 0 Å². The number of ether oxygens (including phenoxy) is 2. The molecule has 0 aliphatic heterocycles. The molecular formula is C27H26N2O3. The lowest BCUT2D eigenvalue weighted by Crippen LogP contribution is -2.28. The number of nitrogen functional groups attached to an aromatic ring is 2. The first-order valence-corrected chi connectivity index (χ1v) is 10.3. The monoisotopic (exact) mass is 426 g/mol. The third kappa shape index (κ3) is 4.68. The second-order valence-corrected chi connectivity index (χ2v) is 7.88. The summed E-state index contributed by atoms with van der Waals surface area (Å²) < 4.78 is 11.8. The first-order valence-electron chi connectivity index (χ1n) is 10.3. The van der Waals surface area contributed by atoms with Gasteiger partial charge in [0.15, 0.2) is 0 Å². The summed E-state index contributed by atoms with van der Waals surface area (Å²) in [6, 6.07) is 30.0. The van der Waals surface area contributed by atoms with Gasteiger partial charge in [-0.15, -0.1) is 0 Å². The van der Waals surface area contributed by atoms with E-state index < -0.39 is 5.41 Å². The third-order valence-corrected chi connectivity index (χ3v) is 5.53. The Morgan fingerprint density at radius 3 is 1.12 bits per heavy atom. The molecular weight excluding hydrogens is 400 g/mol. The van der Waals surface area contributed by atoms with Crippen molar-refractivity contribution in [3.8, 4) is 23.0 Å². The van der Waals surface area contributed by atoms with Crippen molar-refractivity contribution in [2.24, 2.45) is 0 Å². The van der Waals surface area contributed by atoms with Gasteiger partial charge in [0.05, 0.1) is 6.61 Å². The van der Waals surface area contributed by atoms with E-state index in [1.54, 1.807) is 24.3 Å². The zero-order valence-corrected chi connectivity index (χ0v) is 17.9. The van der Waals surface area contributed by atoms with Gasteiger partial charge in [0.25, 0.3) is 0 Å². The van der Waals surface area contributed by atoms with E-state index in [-0.39, 0.29) is 6.61 Å². The maximum atomic E-state index is 10.3. The number of nitrogens with two attached hydrogens (primary N) is 2. The number of hydrogen-bond acceptors (Lipinski definition) is 5. The smallest absolute Gasteiger partial charge is 0.127 e. The maximum Gasteiger partial charge on any atom is 0.127 e. The van der Waals surface area contributed by atoms with Crippen molar-refractivity contribution in [3.63, 3.8) is 0 Å². The van der Waals surface area contributed by atoms with Gasteiger partial charge in [-0.25, -0.2) is 0 Å². The molecule has 0 spiro atoms. The number of rotatable bonds is 7. The van der Waals surface area contributed by atoms with Crippen LogP contribution in [0.2, 0.25) is 0 Å². The highest BCUT2D eigenvalue weighted by Gasteiger charge is 2.28. The predicted molar refractivity (Wildman–Crippen MR) is 128 cm³/mol. The molecule has 5 heteroatoms. The van der Waals surface area contributed by atoms with E-state index in [1.165, 1.54) is 0 Å². The molecule has 4 rings (SSSR count). The topological polar surface area (TPSA) is 90.7 Å². The Morgan fingerprint density at radius 2 is 0.844 bits per heavy atom. The molecule has 5 nitrogen and oxygen atoms in total. The summed E-state index contributed by atoms with van der Waals surface area (Å²) in [5.41, 5.74) is 14.2. The van der Waals surface area contributed by atoms with Crippen LogP contribution < -0.4 is 20.9 Å². The molecule has 4 aromatic carbocycles. The van der Waals surface area contributed by atoms with Gasteiger partial charge >= 0.3 is 0 Å². The van der Waals surface area contributed by atoms with Crippen molar-refractivity contribution < 1.29 is 14.6 Å². The van der Waals surface area contributed by atoms with Crippen molar-refractivity contribution in [2.75, 3.05) is 18.1 Å². The normalized spacial score (nSPS) is 11.2. The fourth-order valence-electron chi connectivity index (χ4n) is 3.47. The van der Waals surface area contributed by atoms with Crippen LogP contribution in [-0.4, -0.2) is 11.7 Å². The van der Waals surface area contributed by atoms with Crippen molar-refractivity contribution in [2.45, 2.75) is 12.3 Å². The van der Waals surface area contributed by atoms with E-state index in [4.69, 9.17) is 20.9 Å². The maximum absolute atomic E-state index is 10.3. The molecule has 0 aliphatic rings. The molecule has 0 saturated heterocycles. The average Bonchev–Trinajstić information content (AvgIpc) is 2.82. The third-order valence-electron chi connectivity index (χ3n) is 5.53. The van der Waals surface area contributed by atoms with Crippen LogP contribution in [0.15, 0.2) is 97.1 Å². The van der Waals surface area contributed by atoms with E-state index in [1.807, 2.05) is 79.7 Å². The van der Waals surface area contributed by atoms with Crippen LogP contribution in [0.3, 0.4) is 0 Å². The lowest BCUT2D eigenvalue weighted by Gasteiger charge is -2.29. The number of hydrogen-bond donors (Lipinski definition) is 3. The van der Waals surface area contributed by atoms with Crippen LogP contribution >= 0.6 is 0 Å². The Morgan fingerprint density at radius 1 is 0.562 bits per heavy atom. The largest absolute Gasteiger partial charge is 0.457 e. The molecule has 0 aromatic heterocycles. The molecule has 0 radical (unpaired) electrons. The van der Waals surface area contributed by atoms with Crippen LogP contribution in [0, 0.1) is 0 Å². The van der Waals surface area contributed by atoms with Crippen LogP contribution in [0.25, 0.3) is 0 Å². The van der Waals surface area contributed by atoms with Crippen LogP contribution in [0.1, 0.15) is 18.1 Å². The van der Waals surface area contributed by atoms with E-state index in [0.717, 1.165) is 11.1 Å². The summed E-state index contributed by atoms with van der Waals surface area (Å²) in [6.07, 6.45) is 0. The molecule has 162 valence electrons. The lowest BCUT2D eigenvalue weighted by molar-refractivity contribution is 0.231. The molecule has 32 heavy (non-hydrogen) atoms. The molecule has 0 amide bonds. The zero-order valence-electron chi connectivity index (χ0n) is 17.9. The Hall–Kier alpha value is -3.96. The summed E-state index contributed by atoms with van der Waals surface area (Å²) in [6.45, 7) is 1.97. The Kier molecular flexibility index (Phi) is 6.01. The van der Waals surface area contributed by atoms with E-state index in [0.29, 0.717) is 34.4 Å². The molecule has 0 bridgehead atoms. The first-order chi connectivity index (χ1) is 15.5. The summed E-state index contributed by atoms with van der Waals surface area (Å²) in [5, 5.41) is 10.3. The Labute approximate surface area is 187 Å². The number of aliphatic hydroxyl groups excluding tert-OH is 1. The van der Waals surface area contributed by atoms with Crippen molar-refractivity contribution in [1.29, 1.82) is 0 Å². The van der Waals surface area contributed by atoms with Gasteiger partial charge in [-0.2, -0.15) is 0 Å². The van der Waals surface area contributed by atoms with E-state index >= 15 is 0 Å².